The second-order valence-electron chi connectivity index (χ2n) is 17.5. The van der Waals surface area contributed by atoms with E-state index in [1.54, 1.807) is 83.1 Å². The van der Waals surface area contributed by atoms with E-state index in [-0.39, 0.29) is 22.6 Å². The highest BCUT2D eigenvalue weighted by atomic mass is 16.5. The average Bonchev–Trinajstić information content (AvgIpc) is 3.48. The van der Waals surface area contributed by atoms with Gasteiger partial charge in [0.05, 0.1) is 72.7 Å². The third kappa shape index (κ3) is 17.8. The van der Waals surface area contributed by atoms with E-state index in [0.717, 1.165) is 86.3 Å². The Morgan fingerprint density at radius 2 is 0.705 bits per heavy atom. The van der Waals surface area contributed by atoms with Crippen LogP contribution in [0.3, 0.4) is 0 Å². The van der Waals surface area contributed by atoms with E-state index in [1.165, 1.54) is 0 Å². The molecule has 0 atom stereocenters. The third-order valence-electron chi connectivity index (χ3n) is 11.8. The zero-order chi connectivity index (χ0) is 54.6. The van der Waals surface area contributed by atoms with Gasteiger partial charge in [0, 0.05) is 23.3 Å². The van der Waals surface area contributed by atoms with Gasteiger partial charge >= 0.3 is 23.9 Å². The lowest BCUT2D eigenvalue weighted by molar-refractivity contribution is -0.138. The molecule has 0 bridgehead atoms. The summed E-state index contributed by atoms with van der Waals surface area (Å²) in [6.07, 6.45) is 12.0. The van der Waals surface area contributed by atoms with Crippen LogP contribution in [0.4, 0.5) is 22.7 Å². The number of anilines is 4. The number of hydrogen-bond acceptors (Lipinski definition) is 14. The van der Waals surface area contributed by atoms with Gasteiger partial charge in [0.1, 0.15) is 23.0 Å². The van der Waals surface area contributed by atoms with Gasteiger partial charge in [-0.2, -0.15) is 10.2 Å². The summed E-state index contributed by atoms with van der Waals surface area (Å²) in [7, 11) is 0. The van der Waals surface area contributed by atoms with Crippen molar-refractivity contribution in [3.8, 4) is 23.0 Å². The standard InChI is InChI=1S/C64H62N4O10/c1-3-61(69)75-43-23-7-5-21-41-73-57-37-33-49(34-38-57)63(71)77-59-45-52(48-66-68(55-29-17-11-18-30-55)56-31-19-12-20-32-56)60(46-51(59)47-65-67(53-25-13-9-14-26-53)54-27-15-10-16-28-54)78-64(72)50-35-39-58(40-36-50)74-42-22-6-8-24-44-76-62(70)4-2/h3-4,9-20,25-40,45-48H,1-2,5-8,21-24,41-44H2. The Labute approximate surface area is 455 Å². The van der Waals surface area contributed by atoms with Crippen LogP contribution < -0.4 is 29.0 Å². The Kier molecular flexibility index (Phi) is 22.1. The van der Waals surface area contributed by atoms with Crippen LogP contribution in [0.2, 0.25) is 0 Å². The van der Waals surface area contributed by atoms with Crippen molar-refractivity contribution in [3.05, 3.63) is 230 Å². The first kappa shape index (κ1) is 56.2. The lowest BCUT2D eigenvalue weighted by atomic mass is 10.1. The van der Waals surface area contributed by atoms with Gasteiger partial charge in [0.2, 0.25) is 0 Å². The van der Waals surface area contributed by atoms with Crippen molar-refractivity contribution in [2.24, 2.45) is 10.2 Å². The molecule has 0 N–H and O–H groups in total. The molecule has 0 aliphatic rings. The summed E-state index contributed by atoms with van der Waals surface area (Å²) in [5.74, 6) is -0.788. The second kappa shape index (κ2) is 30.7. The van der Waals surface area contributed by atoms with Crippen molar-refractivity contribution < 1.29 is 47.6 Å². The molecule has 398 valence electrons. The highest BCUT2D eigenvalue weighted by Crippen LogP contribution is 2.33. The number of ether oxygens (including phenoxy) is 6. The number of hydrogen-bond donors (Lipinski definition) is 0. The Morgan fingerprint density at radius 1 is 0.397 bits per heavy atom. The number of esters is 4. The minimum Gasteiger partial charge on any atom is -0.494 e. The monoisotopic (exact) mass is 1050 g/mol. The molecule has 0 heterocycles. The predicted octanol–water partition coefficient (Wildman–Crippen LogP) is 13.8. The van der Waals surface area contributed by atoms with E-state index in [9.17, 15) is 19.2 Å². The van der Waals surface area contributed by atoms with Crippen LogP contribution in [0.1, 0.15) is 83.2 Å². The Morgan fingerprint density at radius 3 is 1.01 bits per heavy atom. The number of carbonyl (C=O) groups is 4. The zero-order valence-electron chi connectivity index (χ0n) is 43.4. The van der Waals surface area contributed by atoms with E-state index in [1.807, 2.05) is 121 Å². The zero-order valence-corrected chi connectivity index (χ0v) is 43.4. The fraction of sp³-hybridized carbons (Fsp3) is 0.188. The van der Waals surface area contributed by atoms with Gasteiger partial charge < -0.3 is 28.4 Å². The number of carbonyl (C=O) groups excluding carboxylic acids is 4. The molecule has 78 heavy (non-hydrogen) atoms. The molecule has 14 nitrogen and oxygen atoms in total. The Bertz CT molecular complexity index is 2790. The minimum absolute atomic E-state index is 0.106. The van der Waals surface area contributed by atoms with Gasteiger partial charge in [0.25, 0.3) is 0 Å². The summed E-state index contributed by atoms with van der Waals surface area (Å²) in [6.45, 7) is 8.45. The van der Waals surface area contributed by atoms with E-state index < -0.39 is 23.9 Å². The summed E-state index contributed by atoms with van der Waals surface area (Å²) in [5, 5.41) is 13.4. The summed E-state index contributed by atoms with van der Waals surface area (Å²) >= 11 is 0. The van der Waals surface area contributed by atoms with Gasteiger partial charge in [-0.05, 0) is 161 Å². The maximum atomic E-state index is 14.2. The average molecular weight is 1050 g/mol. The first-order valence-corrected chi connectivity index (χ1v) is 25.8. The SMILES string of the molecule is C=CC(=O)OCCCCCCOc1ccc(C(=O)Oc2cc(C=NN(c3ccccc3)c3ccccc3)c(OC(=O)c3ccc(OCCCCCCOC(=O)C=C)cc3)cc2C=NN(c2ccccc2)c2ccccc2)cc1. The quantitative estimate of drug-likeness (QED) is 0.0105. The number of unbranched alkanes of at least 4 members (excludes halogenated alkanes) is 6. The van der Waals surface area contributed by atoms with Crippen molar-refractivity contribution in [3.63, 3.8) is 0 Å². The molecule has 0 aliphatic carbocycles. The summed E-state index contributed by atoms with van der Waals surface area (Å²) in [6, 6.07) is 54.9. The molecule has 0 amide bonds. The summed E-state index contributed by atoms with van der Waals surface area (Å²) < 4.78 is 34.5. The number of para-hydroxylation sites is 4. The molecular formula is C64H62N4O10. The largest absolute Gasteiger partial charge is 0.494 e. The number of hydrazone groups is 2. The van der Waals surface area contributed by atoms with Crippen molar-refractivity contribution in [2.45, 2.75) is 51.4 Å². The Hall–Kier alpha value is -9.56. The van der Waals surface area contributed by atoms with Gasteiger partial charge in [-0.1, -0.05) is 86.0 Å². The van der Waals surface area contributed by atoms with Crippen LogP contribution >= 0.6 is 0 Å². The molecule has 7 aromatic rings. The molecule has 0 aromatic heterocycles. The molecule has 0 spiro atoms. The topological polar surface area (TPSA) is 155 Å². The van der Waals surface area contributed by atoms with Gasteiger partial charge in [-0.25, -0.2) is 29.2 Å². The van der Waals surface area contributed by atoms with E-state index in [2.05, 4.69) is 13.2 Å². The number of rotatable bonds is 30. The molecule has 7 aromatic carbocycles. The van der Waals surface area contributed by atoms with Crippen LogP contribution in [-0.2, 0) is 19.1 Å². The maximum absolute atomic E-state index is 14.2. The molecular weight excluding hydrogens is 985 g/mol. The molecule has 0 saturated carbocycles. The fourth-order valence-corrected chi connectivity index (χ4v) is 7.70. The number of benzene rings is 7. The van der Waals surface area contributed by atoms with Crippen molar-refractivity contribution in [1.29, 1.82) is 0 Å². The van der Waals surface area contributed by atoms with Gasteiger partial charge in [0.15, 0.2) is 0 Å². The molecule has 0 unspecified atom stereocenters. The first-order chi connectivity index (χ1) is 38.3. The van der Waals surface area contributed by atoms with Crippen LogP contribution in [0, 0.1) is 0 Å². The molecule has 0 fully saturated rings. The molecule has 0 aliphatic heterocycles. The smallest absolute Gasteiger partial charge is 0.343 e. The lowest BCUT2D eigenvalue weighted by Gasteiger charge is -2.20. The normalized spacial score (nSPS) is 10.9. The van der Waals surface area contributed by atoms with Gasteiger partial charge in [-0.3, -0.25) is 0 Å². The van der Waals surface area contributed by atoms with E-state index in [4.69, 9.17) is 38.6 Å². The first-order valence-electron chi connectivity index (χ1n) is 25.8. The highest BCUT2D eigenvalue weighted by Gasteiger charge is 2.20. The van der Waals surface area contributed by atoms with E-state index in [0.29, 0.717) is 49.1 Å². The highest BCUT2D eigenvalue weighted by molar-refractivity contribution is 5.98. The van der Waals surface area contributed by atoms with Crippen molar-refractivity contribution in [2.75, 3.05) is 36.4 Å². The minimum atomic E-state index is -0.659. The van der Waals surface area contributed by atoms with Crippen LogP contribution in [0.15, 0.2) is 218 Å². The summed E-state index contributed by atoms with van der Waals surface area (Å²) in [4.78, 5) is 50.9. The van der Waals surface area contributed by atoms with E-state index >= 15 is 0 Å². The fourth-order valence-electron chi connectivity index (χ4n) is 7.70. The molecule has 14 heteroatoms. The molecule has 7 rings (SSSR count). The number of nitrogens with zero attached hydrogens (tertiary/aromatic N) is 4. The van der Waals surface area contributed by atoms with Crippen molar-refractivity contribution >= 4 is 59.1 Å². The predicted molar refractivity (Wildman–Crippen MR) is 305 cm³/mol. The van der Waals surface area contributed by atoms with Crippen LogP contribution in [0.5, 0.6) is 23.0 Å². The van der Waals surface area contributed by atoms with Crippen molar-refractivity contribution in [1.82, 2.24) is 0 Å². The van der Waals surface area contributed by atoms with Crippen LogP contribution in [-0.4, -0.2) is 62.7 Å². The summed E-state index contributed by atoms with van der Waals surface area (Å²) in [5.41, 5.74) is 4.20. The third-order valence-corrected chi connectivity index (χ3v) is 11.8. The lowest BCUT2D eigenvalue weighted by Crippen LogP contribution is -2.14. The maximum Gasteiger partial charge on any atom is 0.343 e. The Balaban J connectivity index is 1.18. The molecule has 0 radical (unpaired) electrons. The molecule has 0 saturated heterocycles. The van der Waals surface area contributed by atoms with Crippen LogP contribution in [0.25, 0.3) is 0 Å². The van der Waals surface area contributed by atoms with Gasteiger partial charge in [-0.15, -0.1) is 0 Å². The second-order valence-corrected chi connectivity index (χ2v) is 17.5.